The van der Waals surface area contributed by atoms with Gasteiger partial charge in [-0.3, -0.25) is 14.4 Å². The van der Waals surface area contributed by atoms with Gasteiger partial charge in [0.05, 0.1) is 22.2 Å². The van der Waals surface area contributed by atoms with E-state index in [1.165, 1.54) is 11.3 Å². The van der Waals surface area contributed by atoms with Gasteiger partial charge in [0.1, 0.15) is 12.1 Å². The van der Waals surface area contributed by atoms with Gasteiger partial charge in [0.25, 0.3) is 0 Å². The van der Waals surface area contributed by atoms with Crippen LogP contribution in [0.3, 0.4) is 0 Å². The van der Waals surface area contributed by atoms with Crippen molar-refractivity contribution >= 4 is 41.5 Å². The number of rotatable bonds is 16. The molecule has 0 spiro atoms. The Morgan fingerprint density at radius 3 is 2.30 bits per heavy atom. The first-order chi connectivity index (χ1) is 20.5. The van der Waals surface area contributed by atoms with E-state index in [1.807, 2.05) is 33.2 Å². The predicted octanol–water partition coefficient (Wildman–Crippen LogP) is 4.77. The summed E-state index contributed by atoms with van der Waals surface area (Å²) in [5, 5.41) is 16.3. The van der Waals surface area contributed by atoms with E-state index in [1.54, 1.807) is 11.3 Å². The second-order valence-electron chi connectivity index (χ2n) is 12.8. The molecule has 3 rings (SSSR count). The van der Waals surface area contributed by atoms with Crippen molar-refractivity contribution in [2.75, 3.05) is 19.6 Å². The fourth-order valence-electron chi connectivity index (χ4n) is 5.52. The second-order valence-corrected chi connectivity index (χ2v) is 13.6. The zero-order valence-electron chi connectivity index (χ0n) is 26.8. The average molecular weight is 650 g/mol. The minimum atomic E-state index is -0.794. The van der Waals surface area contributed by atoms with E-state index in [4.69, 9.17) is 5.73 Å². The summed E-state index contributed by atoms with van der Waals surface area (Å²) in [6, 6.07) is 6.66. The van der Waals surface area contributed by atoms with E-state index in [-0.39, 0.29) is 43.1 Å². The Hall–Kier alpha value is -2.53. The number of aliphatic hydroxyl groups excluding tert-OH is 1. The number of unbranched alkanes of at least 4 members (excludes halogenated alkanes) is 6. The van der Waals surface area contributed by atoms with Crippen molar-refractivity contribution in [1.29, 1.82) is 0 Å². The molecule has 1 aromatic carbocycles. The predicted molar refractivity (Wildman–Crippen MR) is 180 cm³/mol. The third-order valence-electron chi connectivity index (χ3n) is 8.07. The van der Waals surface area contributed by atoms with Gasteiger partial charge in [-0.25, -0.2) is 4.98 Å². The van der Waals surface area contributed by atoms with Crippen LogP contribution in [0, 0.1) is 12.3 Å². The zero-order chi connectivity index (χ0) is 31.4. The fourth-order valence-corrected chi connectivity index (χ4v) is 6.33. The first-order valence-electron chi connectivity index (χ1n) is 15.8. The number of β-amino-alcohol motifs (C(OH)–C–C–N with tert-alkyl or cyclic N) is 1. The number of likely N-dealkylation sites (tertiary alicyclic amines) is 1. The zero-order valence-corrected chi connectivity index (χ0v) is 28.4. The van der Waals surface area contributed by atoms with Crippen molar-refractivity contribution < 1.29 is 19.5 Å². The van der Waals surface area contributed by atoms with Crippen LogP contribution >= 0.6 is 23.7 Å². The minimum absolute atomic E-state index is 0. The van der Waals surface area contributed by atoms with Crippen LogP contribution < -0.4 is 16.4 Å². The lowest BCUT2D eigenvalue weighted by Crippen LogP contribution is -2.57. The lowest BCUT2D eigenvalue weighted by atomic mass is 9.85. The van der Waals surface area contributed by atoms with E-state index in [9.17, 15) is 19.5 Å². The summed E-state index contributed by atoms with van der Waals surface area (Å²) in [5.41, 5.74) is 10.0. The highest BCUT2D eigenvalue weighted by molar-refractivity contribution is 7.13. The third-order valence-corrected chi connectivity index (χ3v) is 9.04. The second kappa shape index (κ2) is 18.4. The molecule has 0 saturated carbocycles. The standard InChI is InChI=1S/C33H51N5O4S.ClH/c1-23-29(43-22-36-23)25-15-13-24(14-16-25)17-19-35-31(41)27-20-26(39)21-38(27)32(42)30(33(2,3)4)37-28(40)12-10-8-6-5-7-9-11-18-34;/h13-16,22,26-27,30,39H,5-12,17-21,34H2,1-4H3,(H,35,41)(H,37,40);1H/t26-,27-,30+;/m0./s1. The average Bonchev–Trinajstić information content (AvgIpc) is 3.58. The first-order valence-corrected chi connectivity index (χ1v) is 16.6. The number of amides is 3. The summed E-state index contributed by atoms with van der Waals surface area (Å²) in [6.45, 7) is 8.93. The molecular formula is C33H52ClN5O4S. The maximum atomic E-state index is 13.7. The van der Waals surface area contributed by atoms with Crippen molar-refractivity contribution in [3.05, 3.63) is 41.0 Å². The summed E-state index contributed by atoms with van der Waals surface area (Å²) in [6.07, 6.45) is 7.75. The van der Waals surface area contributed by atoms with E-state index in [0.29, 0.717) is 19.4 Å². The van der Waals surface area contributed by atoms with Crippen LogP contribution in [0.1, 0.15) is 89.8 Å². The number of nitrogens with zero attached hydrogens (tertiary/aromatic N) is 2. The first kappa shape index (κ1) is 37.7. The molecule has 246 valence electrons. The summed E-state index contributed by atoms with van der Waals surface area (Å²) in [7, 11) is 0. The van der Waals surface area contributed by atoms with Crippen LogP contribution in [0.2, 0.25) is 0 Å². The molecule has 1 saturated heterocycles. The van der Waals surface area contributed by atoms with Crippen molar-refractivity contribution in [3.63, 3.8) is 0 Å². The maximum absolute atomic E-state index is 13.7. The normalized spacial score (nSPS) is 17.2. The SMILES string of the molecule is Cc1ncsc1-c1ccc(CCNC(=O)[C@@H]2C[C@H](O)CN2C(=O)[C@@H](NC(=O)CCCCCCCCCN)C(C)(C)C)cc1.Cl. The quantitative estimate of drug-likeness (QED) is 0.193. The molecule has 1 aromatic heterocycles. The molecule has 1 aliphatic heterocycles. The van der Waals surface area contributed by atoms with Crippen LogP contribution in [0.4, 0.5) is 0 Å². The van der Waals surface area contributed by atoms with E-state index in [2.05, 4.69) is 39.9 Å². The number of carbonyl (C=O) groups excluding carboxylic acids is 3. The third kappa shape index (κ3) is 11.4. The van der Waals surface area contributed by atoms with Crippen molar-refractivity contribution in [3.8, 4) is 10.4 Å². The van der Waals surface area contributed by atoms with Gasteiger partial charge in [-0.05, 0) is 49.3 Å². The van der Waals surface area contributed by atoms with Crippen LogP contribution in [0.15, 0.2) is 29.8 Å². The molecule has 1 aliphatic rings. The summed E-state index contributed by atoms with van der Waals surface area (Å²) < 4.78 is 0. The Balaban J connectivity index is 0.00000675. The Bertz CT molecular complexity index is 1180. The summed E-state index contributed by atoms with van der Waals surface area (Å²) >= 11 is 1.61. The maximum Gasteiger partial charge on any atom is 0.246 e. The molecule has 11 heteroatoms. The highest BCUT2D eigenvalue weighted by atomic mass is 35.5. The van der Waals surface area contributed by atoms with Gasteiger partial charge in [0, 0.05) is 25.9 Å². The van der Waals surface area contributed by atoms with Gasteiger partial charge < -0.3 is 26.4 Å². The van der Waals surface area contributed by atoms with Crippen molar-refractivity contribution in [2.24, 2.45) is 11.1 Å². The molecule has 5 N–H and O–H groups in total. The van der Waals surface area contributed by atoms with Crippen molar-refractivity contribution in [1.82, 2.24) is 20.5 Å². The molecule has 3 atom stereocenters. The fraction of sp³-hybridized carbons (Fsp3) is 0.636. The van der Waals surface area contributed by atoms with Crippen LogP contribution in [-0.4, -0.2) is 70.5 Å². The highest BCUT2D eigenvalue weighted by Crippen LogP contribution is 2.28. The molecule has 0 bridgehead atoms. The molecule has 0 unspecified atom stereocenters. The van der Waals surface area contributed by atoms with E-state index >= 15 is 0 Å². The number of aliphatic hydroxyl groups is 1. The van der Waals surface area contributed by atoms with Gasteiger partial charge in [0.2, 0.25) is 17.7 Å². The Labute approximate surface area is 273 Å². The number of nitrogens with two attached hydrogens (primary N) is 1. The molecule has 2 heterocycles. The van der Waals surface area contributed by atoms with Crippen LogP contribution in [0.25, 0.3) is 10.4 Å². The number of aromatic nitrogens is 1. The van der Waals surface area contributed by atoms with E-state index in [0.717, 1.165) is 66.8 Å². The molecule has 0 aliphatic carbocycles. The largest absolute Gasteiger partial charge is 0.391 e. The number of thiazole rings is 1. The van der Waals surface area contributed by atoms with Gasteiger partial charge in [0.15, 0.2) is 0 Å². The van der Waals surface area contributed by atoms with Gasteiger partial charge in [-0.2, -0.15) is 0 Å². The van der Waals surface area contributed by atoms with E-state index < -0.39 is 23.6 Å². The van der Waals surface area contributed by atoms with Crippen molar-refractivity contribution in [2.45, 2.75) is 110 Å². The summed E-state index contributed by atoms with van der Waals surface area (Å²) in [5.74, 6) is -0.771. The Kier molecular flexibility index (Phi) is 15.8. The van der Waals surface area contributed by atoms with Gasteiger partial charge >= 0.3 is 0 Å². The Morgan fingerprint density at radius 2 is 1.70 bits per heavy atom. The van der Waals surface area contributed by atoms with Crippen LogP contribution in [0.5, 0.6) is 0 Å². The molecule has 2 aromatic rings. The monoisotopic (exact) mass is 649 g/mol. The number of hydrogen-bond donors (Lipinski definition) is 4. The molecule has 3 amide bonds. The topological polar surface area (TPSA) is 138 Å². The van der Waals surface area contributed by atoms with Gasteiger partial charge in [-0.1, -0.05) is 77.1 Å². The number of aryl methyl sites for hydroxylation is 1. The smallest absolute Gasteiger partial charge is 0.246 e. The number of hydrogen-bond acceptors (Lipinski definition) is 7. The number of halogens is 1. The highest BCUT2D eigenvalue weighted by Gasteiger charge is 2.44. The lowest BCUT2D eigenvalue weighted by Gasteiger charge is -2.35. The Morgan fingerprint density at radius 1 is 1.07 bits per heavy atom. The van der Waals surface area contributed by atoms with Gasteiger partial charge in [-0.15, -0.1) is 23.7 Å². The molecule has 1 fully saturated rings. The number of carbonyl (C=O) groups is 3. The molecule has 9 nitrogen and oxygen atoms in total. The number of benzene rings is 1. The molecule has 44 heavy (non-hydrogen) atoms. The van der Waals surface area contributed by atoms with Crippen LogP contribution in [-0.2, 0) is 20.8 Å². The minimum Gasteiger partial charge on any atom is -0.391 e. The summed E-state index contributed by atoms with van der Waals surface area (Å²) in [4.78, 5) is 46.7. The lowest BCUT2D eigenvalue weighted by molar-refractivity contribution is -0.144. The number of nitrogens with one attached hydrogen (secondary N) is 2. The molecular weight excluding hydrogens is 598 g/mol. The molecule has 0 radical (unpaired) electrons.